The molecular formula is C14H18N4O3. The number of fused-ring (bicyclic) bond motifs is 1. The summed E-state index contributed by atoms with van der Waals surface area (Å²) in [5.74, 6) is 0. The fourth-order valence-corrected chi connectivity index (χ4v) is 2.45. The number of carbonyl (C=O) groups is 1. The summed E-state index contributed by atoms with van der Waals surface area (Å²) >= 11 is 0. The molecule has 112 valence electrons. The van der Waals surface area contributed by atoms with Gasteiger partial charge >= 0.3 is 6.03 Å². The summed E-state index contributed by atoms with van der Waals surface area (Å²) in [6.07, 6.45) is 1.59. The number of rotatable bonds is 4. The molecule has 1 saturated heterocycles. The molecule has 2 amide bonds. The van der Waals surface area contributed by atoms with E-state index in [0.717, 1.165) is 10.9 Å². The van der Waals surface area contributed by atoms with E-state index in [1.165, 1.54) is 0 Å². The monoisotopic (exact) mass is 290 g/mol. The number of ether oxygens (including phenoxy) is 2. The summed E-state index contributed by atoms with van der Waals surface area (Å²) in [7, 11) is 0. The highest BCUT2D eigenvalue weighted by Gasteiger charge is 2.30. The van der Waals surface area contributed by atoms with Crippen LogP contribution < -0.4 is 10.6 Å². The number of anilines is 1. The second kappa shape index (κ2) is 6.11. The van der Waals surface area contributed by atoms with Crippen LogP contribution in [0.5, 0.6) is 0 Å². The second-order valence-electron chi connectivity index (χ2n) is 4.87. The van der Waals surface area contributed by atoms with Crippen LogP contribution in [-0.4, -0.2) is 48.2 Å². The molecule has 1 aliphatic rings. The van der Waals surface area contributed by atoms with Crippen molar-refractivity contribution in [3.63, 3.8) is 0 Å². The summed E-state index contributed by atoms with van der Waals surface area (Å²) in [6.45, 7) is 3.50. The molecule has 3 rings (SSSR count). The van der Waals surface area contributed by atoms with Crippen molar-refractivity contribution >= 4 is 22.6 Å². The third-order valence-corrected chi connectivity index (χ3v) is 3.46. The Hall–Kier alpha value is -2.12. The molecule has 1 aromatic heterocycles. The molecule has 1 aromatic carbocycles. The van der Waals surface area contributed by atoms with Gasteiger partial charge < -0.3 is 20.1 Å². The molecule has 0 aliphatic carbocycles. The quantitative estimate of drug-likeness (QED) is 0.796. The number of nitrogens with one attached hydrogen (secondary N) is 3. The van der Waals surface area contributed by atoms with Crippen molar-refractivity contribution in [3.05, 3.63) is 24.4 Å². The van der Waals surface area contributed by atoms with Crippen LogP contribution in [0.25, 0.3) is 10.9 Å². The maximum Gasteiger partial charge on any atom is 0.319 e. The van der Waals surface area contributed by atoms with E-state index in [2.05, 4.69) is 20.8 Å². The number of hydrogen-bond donors (Lipinski definition) is 3. The number of aromatic amines is 1. The first-order valence-electron chi connectivity index (χ1n) is 6.97. The molecule has 7 nitrogen and oxygen atoms in total. The van der Waals surface area contributed by atoms with Crippen molar-refractivity contribution in [2.24, 2.45) is 0 Å². The Morgan fingerprint density at radius 1 is 1.52 bits per heavy atom. The number of nitrogens with zero attached hydrogens (tertiary/aromatic N) is 1. The predicted molar refractivity (Wildman–Crippen MR) is 78.3 cm³/mol. The van der Waals surface area contributed by atoms with Crippen LogP contribution in [0.1, 0.15) is 6.92 Å². The summed E-state index contributed by atoms with van der Waals surface area (Å²) in [6, 6.07) is 5.19. The molecule has 7 heteroatoms. The molecule has 21 heavy (non-hydrogen) atoms. The Bertz CT molecular complexity index is 627. The average Bonchev–Trinajstić information content (AvgIpc) is 3.09. The van der Waals surface area contributed by atoms with Crippen LogP contribution in [0.3, 0.4) is 0 Å². The van der Waals surface area contributed by atoms with Crippen molar-refractivity contribution in [3.8, 4) is 0 Å². The maximum atomic E-state index is 12.1. The van der Waals surface area contributed by atoms with E-state index in [1.807, 2.05) is 25.1 Å². The topological polar surface area (TPSA) is 88.3 Å². The van der Waals surface area contributed by atoms with Crippen LogP contribution >= 0.6 is 0 Å². The molecule has 0 radical (unpaired) electrons. The van der Waals surface area contributed by atoms with Crippen molar-refractivity contribution in [2.75, 3.05) is 25.1 Å². The molecule has 2 atom stereocenters. The van der Waals surface area contributed by atoms with Gasteiger partial charge in [-0.2, -0.15) is 5.10 Å². The lowest BCUT2D eigenvalue weighted by Crippen LogP contribution is -2.45. The molecule has 0 saturated carbocycles. The summed E-state index contributed by atoms with van der Waals surface area (Å²) in [5, 5.41) is 13.4. The zero-order chi connectivity index (χ0) is 14.7. The van der Waals surface area contributed by atoms with Crippen LogP contribution in [0, 0.1) is 0 Å². The van der Waals surface area contributed by atoms with Gasteiger partial charge in [-0.15, -0.1) is 0 Å². The SMILES string of the molecule is CCO[C@@H]1COC[C@H]1NC(=O)Nc1cccc2[nH]ncc12. The minimum Gasteiger partial charge on any atom is -0.376 e. The first-order chi connectivity index (χ1) is 10.3. The van der Waals surface area contributed by atoms with Gasteiger partial charge in [0.2, 0.25) is 0 Å². The minimum absolute atomic E-state index is 0.0922. The minimum atomic E-state index is -0.274. The van der Waals surface area contributed by atoms with E-state index in [0.29, 0.717) is 25.5 Å². The van der Waals surface area contributed by atoms with Gasteiger partial charge in [0.25, 0.3) is 0 Å². The molecule has 1 aliphatic heterocycles. The second-order valence-corrected chi connectivity index (χ2v) is 4.87. The highest BCUT2D eigenvalue weighted by Crippen LogP contribution is 2.21. The number of H-pyrrole nitrogens is 1. The number of carbonyl (C=O) groups excluding carboxylic acids is 1. The number of benzene rings is 1. The van der Waals surface area contributed by atoms with E-state index in [1.54, 1.807) is 6.20 Å². The van der Waals surface area contributed by atoms with E-state index >= 15 is 0 Å². The van der Waals surface area contributed by atoms with Crippen molar-refractivity contribution < 1.29 is 14.3 Å². The zero-order valence-corrected chi connectivity index (χ0v) is 11.8. The summed E-state index contributed by atoms with van der Waals surface area (Å²) in [5.41, 5.74) is 1.59. The van der Waals surface area contributed by atoms with Crippen LogP contribution in [0.15, 0.2) is 24.4 Å². The van der Waals surface area contributed by atoms with Gasteiger partial charge in [0, 0.05) is 12.0 Å². The van der Waals surface area contributed by atoms with E-state index < -0.39 is 0 Å². The third-order valence-electron chi connectivity index (χ3n) is 3.46. The smallest absolute Gasteiger partial charge is 0.319 e. The van der Waals surface area contributed by atoms with E-state index in [-0.39, 0.29) is 18.2 Å². The van der Waals surface area contributed by atoms with Crippen LogP contribution in [0.4, 0.5) is 10.5 Å². The Morgan fingerprint density at radius 3 is 3.29 bits per heavy atom. The van der Waals surface area contributed by atoms with Gasteiger partial charge in [0.05, 0.1) is 36.7 Å². The maximum absolute atomic E-state index is 12.1. The number of hydrogen-bond acceptors (Lipinski definition) is 4. The van der Waals surface area contributed by atoms with Crippen molar-refractivity contribution in [1.29, 1.82) is 0 Å². The highest BCUT2D eigenvalue weighted by molar-refractivity contribution is 6.00. The predicted octanol–water partition coefficient (Wildman–Crippen LogP) is 1.49. The van der Waals surface area contributed by atoms with E-state index in [9.17, 15) is 4.79 Å². The molecule has 2 heterocycles. The van der Waals surface area contributed by atoms with E-state index in [4.69, 9.17) is 9.47 Å². The molecular weight excluding hydrogens is 272 g/mol. The van der Waals surface area contributed by atoms with Gasteiger partial charge in [-0.3, -0.25) is 5.10 Å². The molecule has 2 aromatic rings. The zero-order valence-electron chi connectivity index (χ0n) is 11.8. The Morgan fingerprint density at radius 2 is 2.43 bits per heavy atom. The van der Waals surface area contributed by atoms with Crippen molar-refractivity contribution in [2.45, 2.75) is 19.1 Å². The first kappa shape index (κ1) is 13.8. The molecule has 3 N–H and O–H groups in total. The summed E-state index contributed by atoms with van der Waals surface area (Å²) in [4.78, 5) is 12.1. The molecule has 0 spiro atoms. The van der Waals surface area contributed by atoms with Gasteiger partial charge in [-0.25, -0.2) is 4.79 Å². The van der Waals surface area contributed by atoms with Gasteiger partial charge in [-0.05, 0) is 19.1 Å². The van der Waals surface area contributed by atoms with Crippen molar-refractivity contribution in [1.82, 2.24) is 15.5 Å². The number of aromatic nitrogens is 2. The number of amides is 2. The lowest BCUT2D eigenvalue weighted by Gasteiger charge is -2.19. The normalized spacial score (nSPS) is 21.6. The standard InChI is InChI=1S/C14H18N4O3/c1-2-21-13-8-20-7-12(13)17-14(19)16-10-4-3-5-11-9(10)6-15-18-11/h3-6,12-13H,2,7-8H2,1H3,(H,15,18)(H2,16,17,19)/t12-,13-/m1/s1. The van der Waals surface area contributed by atoms with Gasteiger partial charge in [0.15, 0.2) is 0 Å². The Labute approximate surface area is 122 Å². The van der Waals surface area contributed by atoms with Gasteiger partial charge in [-0.1, -0.05) is 6.07 Å². The fourth-order valence-electron chi connectivity index (χ4n) is 2.45. The highest BCUT2D eigenvalue weighted by atomic mass is 16.5. The van der Waals surface area contributed by atoms with Crippen LogP contribution in [-0.2, 0) is 9.47 Å². The van der Waals surface area contributed by atoms with Gasteiger partial charge in [0.1, 0.15) is 6.10 Å². The number of urea groups is 1. The average molecular weight is 290 g/mol. The van der Waals surface area contributed by atoms with Crippen LogP contribution in [0.2, 0.25) is 0 Å². The Kier molecular flexibility index (Phi) is 4.03. The summed E-state index contributed by atoms with van der Waals surface area (Å²) < 4.78 is 10.9. The lowest BCUT2D eigenvalue weighted by molar-refractivity contribution is 0.0428. The molecule has 1 fully saturated rings. The third kappa shape index (κ3) is 2.98. The lowest BCUT2D eigenvalue weighted by atomic mass is 10.2. The largest absolute Gasteiger partial charge is 0.376 e. The first-order valence-corrected chi connectivity index (χ1v) is 6.97. The Balaban J connectivity index is 1.65. The molecule has 0 bridgehead atoms. The fraction of sp³-hybridized carbons (Fsp3) is 0.429. The molecule has 0 unspecified atom stereocenters.